The van der Waals surface area contributed by atoms with Gasteiger partial charge < -0.3 is 10.1 Å². The van der Waals surface area contributed by atoms with Gasteiger partial charge in [0.1, 0.15) is 0 Å². The average molecular weight is 235 g/mol. The molecule has 1 aromatic rings. The lowest BCUT2D eigenvalue weighted by Gasteiger charge is -2.00. The summed E-state index contributed by atoms with van der Waals surface area (Å²) in [7, 11) is 0. The molecule has 0 saturated heterocycles. The summed E-state index contributed by atoms with van der Waals surface area (Å²) in [6, 6.07) is 0.0752. The zero-order chi connectivity index (χ0) is 9.14. The second-order valence-corrected chi connectivity index (χ2v) is 2.93. The van der Waals surface area contributed by atoms with E-state index in [-0.39, 0.29) is 12.0 Å². The van der Waals surface area contributed by atoms with Gasteiger partial charge in [-0.2, -0.15) is 4.68 Å². The van der Waals surface area contributed by atoms with E-state index in [0.29, 0.717) is 5.33 Å². The van der Waals surface area contributed by atoms with Gasteiger partial charge >= 0.3 is 5.95 Å². The Morgan fingerprint density at radius 3 is 3.00 bits per heavy atom. The maximum absolute atomic E-state index is 10.2. The number of alkyl halides is 1. The van der Waals surface area contributed by atoms with Crippen molar-refractivity contribution < 1.29 is 4.92 Å². The molecular weight excluding hydrogens is 228 g/mol. The third kappa shape index (κ3) is 1.79. The van der Waals surface area contributed by atoms with E-state index in [2.05, 4.69) is 26.0 Å². The fourth-order valence-corrected chi connectivity index (χ4v) is 0.929. The van der Waals surface area contributed by atoms with Crippen LogP contribution in [0.25, 0.3) is 0 Å². The van der Waals surface area contributed by atoms with Crippen LogP contribution in [0, 0.1) is 10.1 Å². The summed E-state index contributed by atoms with van der Waals surface area (Å²) in [6.07, 6.45) is 1.35. The van der Waals surface area contributed by atoms with Crippen molar-refractivity contribution in [3.05, 3.63) is 16.4 Å². The Kier molecular flexibility index (Phi) is 2.74. The van der Waals surface area contributed by atoms with E-state index < -0.39 is 4.92 Å². The van der Waals surface area contributed by atoms with E-state index in [9.17, 15) is 10.1 Å². The molecule has 12 heavy (non-hydrogen) atoms. The zero-order valence-electron chi connectivity index (χ0n) is 6.35. The van der Waals surface area contributed by atoms with Gasteiger partial charge in [-0.15, -0.1) is 0 Å². The fourth-order valence-electron chi connectivity index (χ4n) is 0.632. The molecule has 0 saturated carbocycles. The number of rotatable bonds is 3. The van der Waals surface area contributed by atoms with Crippen molar-refractivity contribution in [3.63, 3.8) is 0 Å². The van der Waals surface area contributed by atoms with Crippen LogP contribution in [0.3, 0.4) is 0 Å². The number of halogens is 1. The van der Waals surface area contributed by atoms with Gasteiger partial charge in [0.2, 0.25) is 6.33 Å². The molecule has 0 aromatic carbocycles. The first-order chi connectivity index (χ1) is 5.65. The largest absolute Gasteiger partial charge is 0.490 e. The van der Waals surface area contributed by atoms with Crippen molar-refractivity contribution in [2.24, 2.45) is 0 Å². The molecule has 0 bridgehead atoms. The Labute approximate surface area is 76.9 Å². The summed E-state index contributed by atoms with van der Waals surface area (Å²) in [5, 5.41) is 14.5. The highest BCUT2D eigenvalue weighted by Gasteiger charge is 2.15. The molecule has 1 rings (SSSR count). The lowest BCUT2D eigenvalue weighted by atomic mass is 10.4. The Morgan fingerprint density at radius 1 is 1.92 bits per heavy atom. The van der Waals surface area contributed by atoms with E-state index in [0.717, 1.165) is 0 Å². The maximum atomic E-state index is 10.2. The second kappa shape index (κ2) is 3.61. The van der Waals surface area contributed by atoms with Crippen molar-refractivity contribution in [1.29, 1.82) is 0 Å². The molecule has 1 heterocycles. The SMILES string of the molecule is CC(CBr)n1cnc([N+](=O)[O-])n1. The third-order valence-electron chi connectivity index (χ3n) is 1.33. The summed E-state index contributed by atoms with van der Waals surface area (Å²) < 4.78 is 1.45. The molecule has 6 nitrogen and oxygen atoms in total. The minimum absolute atomic E-state index is 0.0752. The highest BCUT2D eigenvalue weighted by Crippen LogP contribution is 2.09. The first-order valence-electron chi connectivity index (χ1n) is 3.26. The van der Waals surface area contributed by atoms with Crippen LogP contribution < -0.4 is 0 Å². The van der Waals surface area contributed by atoms with Crippen molar-refractivity contribution in [1.82, 2.24) is 14.8 Å². The summed E-state index contributed by atoms with van der Waals surface area (Å²) in [5.74, 6) is -0.359. The summed E-state index contributed by atoms with van der Waals surface area (Å²) in [6.45, 7) is 1.88. The van der Waals surface area contributed by atoms with Gasteiger partial charge in [-0.25, -0.2) is 0 Å². The van der Waals surface area contributed by atoms with Crippen LogP contribution in [-0.4, -0.2) is 25.0 Å². The molecule has 1 aromatic heterocycles. The van der Waals surface area contributed by atoms with Crippen molar-refractivity contribution in [2.45, 2.75) is 13.0 Å². The quantitative estimate of drug-likeness (QED) is 0.447. The monoisotopic (exact) mass is 234 g/mol. The number of nitro groups is 1. The highest BCUT2D eigenvalue weighted by atomic mass is 79.9. The number of aromatic nitrogens is 3. The molecule has 0 aliphatic heterocycles. The normalized spacial score (nSPS) is 12.8. The van der Waals surface area contributed by atoms with Crippen molar-refractivity contribution in [3.8, 4) is 0 Å². The maximum Gasteiger partial charge on any atom is 0.490 e. The molecule has 0 spiro atoms. The summed E-state index contributed by atoms with van der Waals surface area (Å²) in [4.78, 5) is 13.1. The van der Waals surface area contributed by atoms with Gasteiger partial charge in [-0.3, -0.25) is 0 Å². The van der Waals surface area contributed by atoms with E-state index in [1.807, 2.05) is 6.92 Å². The van der Waals surface area contributed by atoms with Gasteiger partial charge in [0.15, 0.2) is 0 Å². The van der Waals surface area contributed by atoms with Crippen LogP contribution in [0.2, 0.25) is 0 Å². The standard InChI is InChI=1S/C5H7BrN4O2/c1-4(2-6)9-3-7-5(8-9)10(11)12/h3-4H,2H2,1H3. The predicted octanol–water partition coefficient (Wildman–Crippen LogP) is 1.14. The van der Waals surface area contributed by atoms with Crippen molar-refractivity contribution in [2.75, 3.05) is 5.33 Å². The van der Waals surface area contributed by atoms with Gasteiger partial charge in [0, 0.05) is 10.4 Å². The lowest BCUT2D eigenvalue weighted by molar-refractivity contribution is -0.394. The molecule has 0 amide bonds. The molecule has 7 heteroatoms. The van der Waals surface area contributed by atoms with Crippen molar-refractivity contribution >= 4 is 21.9 Å². The van der Waals surface area contributed by atoms with E-state index in [4.69, 9.17) is 0 Å². The highest BCUT2D eigenvalue weighted by molar-refractivity contribution is 9.09. The van der Waals surface area contributed by atoms with Crippen LogP contribution in [0.5, 0.6) is 0 Å². The second-order valence-electron chi connectivity index (χ2n) is 2.29. The van der Waals surface area contributed by atoms with Crippen LogP contribution >= 0.6 is 15.9 Å². The minimum atomic E-state index is -0.614. The Bertz CT molecular complexity index is 287. The summed E-state index contributed by atoms with van der Waals surface area (Å²) in [5.41, 5.74) is 0. The van der Waals surface area contributed by atoms with E-state index in [1.165, 1.54) is 11.0 Å². The van der Waals surface area contributed by atoms with Gasteiger partial charge in [0.05, 0.1) is 6.04 Å². The Morgan fingerprint density at radius 2 is 2.58 bits per heavy atom. The number of hydrogen-bond donors (Lipinski definition) is 0. The molecule has 1 unspecified atom stereocenters. The topological polar surface area (TPSA) is 73.8 Å². The first kappa shape index (κ1) is 9.11. The Balaban J connectivity index is 2.84. The van der Waals surface area contributed by atoms with Gasteiger partial charge in [0.25, 0.3) is 0 Å². The summed E-state index contributed by atoms with van der Waals surface area (Å²) >= 11 is 3.24. The Hall–Kier alpha value is -0.980. The average Bonchev–Trinajstić information content (AvgIpc) is 2.51. The van der Waals surface area contributed by atoms with E-state index >= 15 is 0 Å². The molecule has 1 atom stereocenters. The number of nitrogens with zero attached hydrogens (tertiary/aromatic N) is 4. The molecule has 0 N–H and O–H groups in total. The molecule has 66 valence electrons. The first-order valence-corrected chi connectivity index (χ1v) is 4.38. The van der Waals surface area contributed by atoms with Crippen LogP contribution in [0.1, 0.15) is 13.0 Å². The van der Waals surface area contributed by atoms with Gasteiger partial charge in [-0.05, 0) is 11.8 Å². The number of hydrogen-bond acceptors (Lipinski definition) is 4. The molecule has 0 radical (unpaired) electrons. The molecular formula is C5H7BrN4O2. The van der Waals surface area contributed by atoms with Crippen LogP contribution in [0.4, 0.5) is 5.95 Å². The van der Waals surface area contributed by atoms with Gasteiger partial charge in [-0.1, -0.05) is 20.9 Å². The zero-order valence-corrected chi connectivity index (χ0v) is 7.93. The third-order valence-corrected chi connectivity index (χ3v) is 2.27. The minimum Gasteiger partial charge on any atom is -0.390 e. The smallest absolute Gasteiger partial charge is 0.390 e. The van der Waals surface area contributed by atoms with Crippen LogP contribution in [-0.2, 0) is 0 Å². The predicted molar refractivity (Wildman–Crippen MR) is 45.2 cm³/mol. The van der Waals surface area contributed by atoms with E-state index in [1.54, 1.807) is 0 Å². The lowest BCUT2D eigenvalue weighted by Crippen LogP contribution is -2.06. The van der Waals surface area contributed by atoms with Crippen LogP contribution in [0.15, 0.2) is 6.33 Å². The molecule has 0 fully saturated rings. The molecule has 0 aliphatic rings. The fraction of sp³-hybridized carbons (Fsp3) is 0.600. The molecule has 0 aliphatic carbocycles.